The molecule has 1 saturated heterocycles. The second kappa shape index (κ2) is 7.41. The minimum atomic E-state index is 0.187. The fourth-order valence-electron chi connectivity index (χ4n) is 2.79. The highest BCUT2D eigenvalue weighted by molar-refractivity contribution is 5.78. The number of carbonyl (C=O) groups excluding carboxylic acids is 1. The molecule has 1 aromatic rings. The Hall–Kier alpha value is -1.62. The first-order chi connectivity index (χ1) is 10.1. The number of aromatic nitrogens is 1. The number of rotatable bonds is 5. The molecule has 1 aromatic heterocycles. The highest BCUT2D eigenvalue weighted by atomic mass is 16.5. The number of hydrogen-bond acceptors (Lipinski definition) is 4. The first kappa shape index (κ1) is 15.8. The molecule has 1 fully saturated rings. The highest BCUT2D eigenvalue weighted by Gasteiger charge is 2.16. The molecule has 0 atom stereocenters. The third kappa shape index (κ3) is 3.94. The van der Waals surface area contributed by atoms with Crippen LogP contribution in [-0.4, -0.2) is 42.5 Å². The number of hydrogen-bond donors (Lipinski definition) is 1. The van der Waals surface area contributed by atoms with Gasteiger partial charge in [-0.15, -0.1) is 0 Å². The molecule has 2 heterocycles. The van der Waals surface area contributed by atoms with Crippen molar-refractivity contribution in [1.82, 2.24) is 15.2 Å². The number of nitrogens with zero attached hydrogens (tertiary/aromatic N) is 2. The molecule has 0 spiro atoms. The van der Waals surface area contributed by atoms with Crippen LogP contribution in [0.1, 0.15) is 36.1 Å². The molecule has 1 amide bonds. The third-order valence-corrected chi connectivity index (χ3v) is 4.03. The lowest BCUT2D eigenvalue weighted by Gasteiger charge is -2.26. The van der Waals surface area contributed by atoms with Crippen LogP contribution in [0.5, 0.6) is 5.75 Å². The molecule has 0 aromatic carbocycles. The minimum absolute atomic E-state index is 0.187. The van der Waals surface area contributed by atoms with Gasteiger partial charge in [0.1, 0.15) is 5.75 Å². The van der Waals surface area contributed by atoms with Gasteiger partial charge in [-0.3, -0.25) is 9.78 Å². The number of methoxy groups -OCH3 is 1. The van der Waals surface area contributed by atoms with E-state index < -0.39 is 0 Å². The van der Waals surface area contributed by atoms with Crippen LogP contribution in [0.15, 0.2) is 6.20 Å². The first-order valence-electron chi connectivity index (χ1n) is 7.61. The van der Waals surface area contributed by atoms with Crippen molar-refractivity contribution < 1.29 is 9.53 Å². The van der Waals surface area contributed by atoms with Gasteiger partial charge in [0, 0.05) is 37.0 Å². The largest absolute Gasteiger partial charge is 0.496 e. The van der Waals surface area contributed by atoms with Crippen molar-refractivity contribution in [3.05, 3.63) is 23.0 Å². The van der Waals surface area contributed by atoms with Crippen LogP contribution < -0.4 is 10.1 Å². The molecule has 0 bridgehead atoms. The summed E-state index contributed by atoms with van der Waals surface area (Å²) < 4.78 is 5.40. The SMILES string of the molecule is COc1c(C)cnc(CNCC(=O)N2CCCCC2)c1C. The zero-order valence-corrected chi connectivity index (χ0v) is 13.2. The Kier molecular flexibility index (Phi) is 5.56. The second-order valence-electron chi connectivity index (χ2n) is 5.59. The number of aryl methyl sites for hydroxylation is 1. The summed E-state index contributed by atoms with van der Waals surface area (Å²) in [7, 11) is 1.67. The summed E-state index contributed by atoms with van der Waals surface area (Å²) in [5.41, 5.74) is 3.00. The summed E-state index contributed by atoms with van der Waals surface area (Å²) in [6, 6.07) is 0. The van der Waals surface area contributed by atoms with Gasteiger partial charge in [-0.05, 0) is 33.1 Å². The fraction of sp³-hybridized carbons (Fsp3) is 0.625. The average molecular weight is 291 g/mol. The summed E-state index contributed by atoms with van der Waals surface area (Å²) in [5, 5.41) is 3.20. The maximum Gasteiger partial charge on any atom is 0.236 e. The van der Waals surface area contributed by atoms with Crippen molar-refractivity contribution in [3.8, 4) is 5.75 Å². The van der Waals surface area contributed by atoms with Gasteiger partial charge in [0.15, 0.2) is 0 Å². The van der Waals surface area contributed by atoms with Crippen LogP contribution in [0.3, 0.4) is 0 Å². The predicted molar refractivity (Wildman–Crippen MR) is 82.4 cm³/mol. The fourth-order valence-corrected chi connectivity index (χ4v) is 2.79. The van der Waals surface area contributed by atoms with Crippen LogP contribution in [-0.2, 0) is 11.3 Å². The molecule has 116 valence electrons. The lowest BCUT2D eigenvalue weighted by atomic mass is 10.1. The smallest absolute Gasteiger partial charge is 0.236 e. The lowest BCUT2D eigenvalue weighted by Crippen LogP contribution is -2.41. The molecule has 1 aliphatic heterocycles. The summed E-state index contributed by atoms with van der Waals surface area (Å²) >= 11 is 0. The van der Waals surface area contributed by atoms with E-state index in [1.165, 1.54) is 6.42 Å². The molecular weight excluding hydrogens is 266 g/mol. The van der Waals surface area contributed by atoms with E-state index in [0.717, 1.165) is 48.5 Å². The zero-order chi connectivity index (χ0) is 15.2. The predicted octanol–water partition coefficient (Wildman–Crippen LogP) is 1.81. The molecule has 0 aliphatic carbocycles. The molecule has 0 radical (unpaired) electrons. The summed E-state index contributed by atoms with van der Waals surface area (Å²) in [6.45, 7) is 6.74. The summed E-state index contributed by atoms with van der Waals surface area (Å²) in [4.78, 5) is 18.4. The summed E-state index contributed by atoms with van der Waals surface area (Å²) in [6.07, 6.45) is 5.31. The number of pyridine rings is 1. The van der Waals surface area contributed by atoms with E-state index >= 15 is 0 Å². The highest BCUT2D eigenvalue weighted by Crippen LogP contribution is 2.23. The van der Waals surface area contributed by atoms with Crippen molar-refractivity contribution in [1.29, 1.82) is 0 Å². The number of nitrogens with one attached hydrogen (secondary N) is 1. The molecular formula is C16H25N3O2. The monoisotopic (exact) mass is 291 g/mol. The molecule has 21 heavy (non-hydrogen) atoms. The molecule has 1 aliphatic rings. The number of likely N-dealkylation sites (tertiary alicyclic amines) is 1. The number of carbonyl (C=O) groups is 1. The Labute approximate surface area is 126 Å². The van der Waals surface area contributed by atoms with Gasteiger partial charge in [-0.1, -0.05) is 0 Å². The molecule has 0 unspecified atom stereocenters. The van der Waals surface area contributed by atoms with Crippen molar-refractivity contribution in [3.63, 3.8) is 0 Å². The Balaban J connectivity index is 1.87. The quantitative estimate of drug-likeness (QED) is 0.899. The number of ether oxygens (including phenoxy) is 1. The van der Waals surface area contributed by atoms with Crippen LogP contribution in [0, 0.1) is 13.8 Å². The van der Waals surface area contributed by atoms with Gasteiger partial charge >= 0.3 is 0 Å². The van der Waals surface area contributed by atoms with E-state index in [9.17, 15) is 4.79 Å². The Bertz CT molecular complexity index is 497. The maximum atomic E-state index is 12.1. The van der Waals surface area contributed by atoms with Gasteiger partial charge in [-0.25, -0.2) is 0 Å². The average Bonchev–Trinajstić information content (AvgIpc) is 2.51. The van der Waals surface area contributed by atoms with Crippen molar-refractivity contribution >= 4 is 5.91 Å². The van der Waals surface area contributed by atoms with Crippen LogP contribution in [0.2, 0.25) is 0 Å². The standard InChI is InChI=1S/C16H25N3O2/c1-12-9-18-14(13(2)16(12)21-3)10-17-11-15(20)19-7-5-4-6-8-19/h9,17H,4-8,10-11H2,1-3H3. The van der Waals surface area contributed by atoms with Gasteiger partial charge in [0.2, 0.25) is 5.91 Å². The molecule has 1 N–H and O–H groups in total. The van der Waals surface area contributed by atoms with Crippen molar-refractivity contribution in [2.45, 2.75) is 39.7 Å². The van der Waals surface area contributed by atoms with Gasteiger partial charge in [0.25, 0.3) is 0 Å². The van der Waals surface area contributed by atoms with E-state index in [4.69, 9.17) is 4.74 Å². The first-order valence-corrected chi connectivity index (χ1v) is 7.61. The van der Waals surface area contributed by atoms with Crippen molar-refractivity contribution in [2.75, 3.05) is 26.7 Å². The normalized spacial score (nSPS) is 15.1. The Morgan fingerprint density at radius 2 is 2.05 bits per heavy atom. The van der Waals surface area contributed by atoms with E-state index in [1.807, 2.05) is 24.9 Å². The second-order valence-corrected chi connectivity index (χ2v) is 5.59. The molecule has 2 rings (SSSR count). The number of amides is 1. The van der Waals surface area contributed by atoms with Crippen LogP contribution in [0.4, 0.5) is 0 Å². The molecule has 5 nitrogen and oxygen atoms in total. The number of piperidine rings is 1. The Morgan fingerprint density at radius 3 is 2.71 bits per heavy atom. The minimum Gasteiger partial charge on any atom is -0.496 e. The van der Waals surface area contributed by atoms with Gasteiger partial charge in [0.05, 0.1) is 19.3 Å². The van der Waals surface area contributed by atoms with Crippen molar-refractivity contribution in [2.24, 2.45) is 0 Å². The lowest BCUT2D eigenvalue weighted by molar-refractivity contribution is -0.131. The maximum absolute atomic E-state index is 12.1. The van der Waals surface area contributed by atoms with E-state index in [0.29, 0.717) is 13.1 Å². The topological polar surface area (TPSA) is 54.5 Å². The van der Waals surface area contributed by atoms with E-state index in [-0.39, 0.29) is 5.91 Å². The molecule has 0 saturated carbocycles. The van der Waals surface area contributed by atoms with E-state index in [2.05, 4.69) is 10.3 Å². The van der Waals surface area contributed by atoms with E-state index in [1.54, 1.807) is 7.11 Å². The third-order valence-electron chi connectivity index (χ3n) is 4.03. The Morgan fingerprint density at radius 1 is 1.33 bits per heavy atom. The van der Waals surface area contributed by atoms with Gasteiger partial charge < -0.3 is 15.0 Å². The molecule has 5 heteroatoms. The zero-order valence-electron chi connectivity index (χ0n) is 13.2. The van der Waals surface area contributed by atoms with Crippen LogP contribution in [0.25, 0.3) is 0 Å². The summed E-state index contributed by atoms with van der Waals surface area (Å²) in [5.74, 6) is 1.07. The van der Waals surface area contributed by atoms with Crippen LogP contribution >= 0.6 is 0 Å². The van der Waals surface area contributed by atoms with Gasteiger partial charge in [-0.2, -0.15) is 0 Å².